The number of guanidine groups is 1. The Balaban J connectivity index is 1.30. The standard InChI is InChI=1S/C21H34N4OS/c1-22-21(23-10-5-6-11-24-13-15-26-16-14-24)25-12-9-19(17-25)18-27-20-7-3-2-4-8-20/h2-4,7-8,19H,5-6,9-18H2,1H3,(H,22,23). The summed E-state index contributed by atoms with van der Waals surface area (Å²) in [4.78, 5) is 10.8. The molecule has 0 aliphatic carbocycles. The van der Waals surface area contributed by atoms with Gasteiger partial charge < -0.3 is 15.0 Å². The summed E-state index contributed by atoms with van der Waals surface area (Å²) in [5.74, 6) is 3.01. The molecule has 0 bridgehead atoms. The van der Waals surface area contributed by atoms with Crippen molar-refractivity contribution in [3.05, 3.63) is 30.3 Å². The second-order valence-electron chi connectivity index (χ2n) is 7.36. The zero-order valence-electron chi connectivity index (χ0n) is 16.6. The highest BCUT2D eigenvalue weighted by molar-refractivity contribution is 7.99. The van der Waals surface area contributed by atoms with Crippen molar-refractivity contribution in [2.45, 2.75) is 24.2 Å². The van der Waals surface area contributed by atoms with E-state index in [9.17, 15) is 0 Å². The maximum Gasteiger partial charge on any atom is 0.193 e. The topological polar surface area (TPSA) is 40.1 Å². The van der Waals surface area contributed by atoms with Crippen LogP contribution < -0.4 is 5.32 Å². The van der Waals surface area contributed by atoms with Crippen LogP contribution in [0.25, 0.3) is 0 Å². The quantitative estimate of drug-likeness (QED) is 0.320. The fourth-order valence-corrected chi connectivity index (χ4v) is 4.76. The highest BCUT2D eigenvalue weighted by Gasteiger charge is 2.24. The van der Waals surface area contributed by atoms with Crippen LogP contribution in [0.5, 0.6) is 0 Å². The van der Waals surface area contributed by atoms with Crippen LogP contribution in [0, 0.1) is 5.92 Å². The number of rotatable bonds is 8. The first kappa shape index (κ1) is 20.5. The number of nitrogens with zero attached hydrogens (tertiary/aromatic N) is 3. The first-order valence-corrected chi connectivity index (χ1v) is 11.3. The lowest BCUT2D eigenvalue weighted by molar-refractivity contribution is 0.0372. The zero-order valence-corrected chi connectivity index (χ0v) is 17.4. The Morgan fingerprint density at radius 1 is 1.19 bits per heavy atom. The van der Waals surface area contributed by atoms with Gasteiger partial charge in [0.25, 0.3) is 0 Å². The molecule has 1 aromatic carbocycles. The molecular weight excluding hydrogens is 356 g/mol. The molecule has 2 aliphatic rings. The number of hydrogen-bond donors (Lipinski definition) is 1. The third kappa shape index (κ3) is 7.01. The van der Waals surface area contributed by atoms with E-state index in [2.05, 4.69) is 50.4 Å². The molecule has 2 aliphatic heterocycles. The number of benzene rings is 1. The lowest BCUT2D eigenvalue weighted by atomic mass is 10.2. The molecular formula is C21H34N4OS. The van der Waals surface area contributed by atoms with Crippen LogP contribution in [0.3, 0.4) is 0 Å². The van der Waals surface area contributed by atoms with E-state index < -0.39 is 0 Å². The third-order valence-corrected chi connectivity index (χ3v) is 6.56. The van der Waals surface area contributed by atoms with Gasteiger partial charge in [0.15, 0.2) is 5.96 Å². The van der Waals surface area contributed by atoms with Gasteiger partial charge in [0, 0.05) is 50.4 Å². The van der Waals surface area contributed by atoms with E-state index in [1.54, 1.807) is 0 Å². The van der Waals surface area contributed by atoms with Gasteiger partial charge in [-0.2, -0.15) is 0 Å². The Hall–Kier alpha value is -1.24. The molecule has 6 heteroatoms. The summed E-state index contributed by atoms with van der Waals surface area (Å²) in [5, 5.41) is 3.57. The van der Waals surface area contributed by atoms with E-state index in [0.717, 1.165) is 57.8 Å². The molecule has 27 heavy (non-hydrogen) atoms. The van der Waals surface area contributed by atoms with Crippen molar-refractivity contribution in [2.24, 2.45) is 10.9 Å². The lowest BCUT2D eigenvalue weighted by Gasteiger charge is -2.26. The number of morpholine rings is 1. The summed E-state index contributed by atoms with van der Waals surface area (Å²) in [6.45, 7) is 8.40. The van der Waals surface area contributed by atoms with Crippen LogP contribution in [-0.2, 0) is 4.74 Å². The molecule has 2 saturated heterocycles. The molecule has 2 fully saturated rings. The molecule has 0 radical (unpaired) electrons. The summed E-state index contributed by atoms with van der Waals surface area (Å²) in [6, 6.07) is 10.7. The van der Waals surface area contributed by atoms with E-state index in [4.69, 9.17) is 4.74 Å². The summed E-state index contributed by atoms with van der Waals surface area (Å²) in [5.41, 5.74) is 0. The Morgan fingerprint density at radius 2 is 2.00 bits per heavy atom. The maximum absolute atomic E-state index is 5.40. The molecule has 0 aromatic heterocycles. The molecule has 0 amide bonds. The van der Waals surface area contributed by atoms with Crippen molar-refractivity contribution in [1.82, 2.24) is 15.1 Å². The van der Waals surface area contributed by atoms with E-state index in [0.29, 0.717) is 0 Å². The van der Waals surface area contributed by atoms with Gasteiger partial charge in [-0.25, -0.2) is 0 Å². The van der Waals surface area contributed by atoms with E-state index in [-0.39, 0.29) is 0 Å². The predicted octanol–water partition coefficient (Wildman–Crippen LogP) is 2.79. The number of hydrogen-bond acceptors (Lipinski definition) is 4. The van der Waals surface area contributed by atoms with Crippen LogP contribution in [0.15, 0.2) is 40.2 Å². The van der Waals surface area contributed by atoms with Crippen LogP contribution >= 0.6 is 11.8 Å². The minimum absolute atomic E-state index is 0.745. The van der Waals surface area contributed by atoms with Gasteiger partial charge in [0.05, 0.1) is 13.2 Å². The normalized spacial score (nSPS) is 21.6. The number of aliphatic imine (C=N–C) groups is 1. The second-order valence-corrected chi connectivity index (χ2v) is 8.45. The molecule has 1 unspecified atom stereocenters. The number of thioether (sulfide) groups is 1. The van der Waals surface area contributed by atoms with E-state index >= 15 is 0 Å². The van der Waals surface area contributed by atoms with Crippen molar-refractivity contribution < 1.29 is 4.74 Å². The Labute approximate surface area is 168 Å². The van der Waals surface area contributed by atoms with Gasteiger partial charge in [-0.05, 0) is 43.9 Å². The Morgan fingerprint density at radius 3 is 2.78 bits per heavy atom. The minimum atomic E-state index is 0.745. The van der Waals surface area contributed by atoms with Crippen LogP contribution in [0.1, 0.15) is 19.3 Å². The van der Waals surface area contributed by atoms with Gasteiger partial charge in [0.2, 0.25) is 0 Å². The zero-order chi connectivity index (χ0) is 18.7. The largest absolute Gasteiger partial charge is 0.379 e. The van der Waals surface area contributed by atoms with Crippen molar-refractivity contribution in [3.63, 3.8) is 0 Å². The van der Waals surface area contributed by atoms with Crippen molar-refractivity contribution in [2.75, 3.05) is 65.3 Å². The van der Waals surface area contributed by atoms with Crippen molar-refractivity contribution in [1.29, 1.82) is 0 Å². The average molecular weight is 391 g/mol. The number of nitrogens with one attached hydrogen (secondary N) is 1. The summed E-state index contributed by atoms with van der Waals surface area (Å²) in [6.07, 6.45) is 3.69. The fourth-order valence-electron chi connectivity index (χ4n) is 3.71. The highest BCUT2D eigenvalue weighted by atomic mass is 32.2. The SMILES string of the molecule is CN=C(NCCCCN1CCOCC1)N1CCC(CSc2ccccc2)C1. The molecule has 3 rings (SSSR count). The molecule has 1 N–H and O–H groups in total. The molecule has 0 saturated carbocycles. The van der Waals surface area contributed by atoms with Crippen molar-refractivity contribution in [3.8, 4) is 0 Å². The van der Waals surface area contributed by atoms with Gasteiger partial charge in [-0.15, -0.1) is 11.8 Å². The first-order chi connectivity index (χ1) is 13.3. The summed E-state index contributed by atoms with van der Waals surface area (Å²) in [7, 11) is 1.90. The lowest BCUT2D eigenvalue weighted by Crippen LogP contribution is -2.41. The third-order valence-electron chi connectivity index (χ3n) is 5.31. The molecule has 1 atom stereocenters. The molecule has 2 heterocycles. The van der Waals surface area contributed by atoms with Gasteiger partial charge in [-0.1, -0.05) is 18.2 Å². The van der Waals surface area contributed by atoms with Crippen LogP contribution in [0.2, 0.25) is 0 Å². The summed E-state index contributed by atoms with van der Waals surface area (Å²) >= 11 is 1.98. The van der Waals surface area contributed by atoms with Gasteiger partial charge in [0.1, 0.15) is 0 Å². The Bertz CT molecular complexity index is 563. The maximum atomic E-state index is 5.40. The molecule has 1 aromatic rings. The first-order valence-electron chi connectivity index (χ1n) is 10.3. The summed E-state index contributed by atoms with van der Waals surface area (Å²) < 4.78 is 5.40. The monoisotopic (exact) mass is 390 g/mol. The minimum Gasteiger partial charge on any atom is -0.379 e. The fraction of sp³-hybridized carbons (Fsp3) is 0.667. The molecule has 150 valence electrons. The van der Waals surface area contributed by atoms with Crippen LogP contribution in [-0.4, -0.2) is 81.0 Å². The van der Waals surface area contributed by atoms with Crippen LogP contribution in [0.4, 0.5) is 0 Å². The smallest absolute Gasteiger partial charge is 0.193 e. The number of likely N-dealkylation sites (tertiary alicyclic amines) is 1. The molecule has 5 nitrogen and oxygen atoms in total. The predicted molar refractivity (Wildman–Crippen MR) is 115 cm³/mol. The second kappa shape index (κ2) is 11.6. The van der Waals surface area contributed by atoms with E-state index in [1.165, 1.54) is 36.5 Å². The average Bonchev–Trinajstić information content (AvgIpc) is 3.19. The Kier molecular flexibility index (Phi) is 8.78. The van der Waals surface area contributed by atoms with E-state index in [1.807, 2.05) is 18.8 Å². The number of unbranched alkanes of at least 4 members (excludes halogenated alkanes) is 1. The van der Waals surface area contributed by atoms with Crippen molar-refractivity contribution >= 4 is 17.7 Å². The van der Waals surface area contributed by atoms with Gasteiger partial charge >= 0.3 is 0 Å². The highest BCUT2D eigenvalue weighted by Crippen LogP contribution is 2.25. The molecule has 0 spiro atoms. The number of ether oxygens (including phenoxy) is 1. The van der Waals surface area contributed by atoms with Gasteiger partial charge in [-0.3, -0.25) is 9.89 Å².